The van der Waals surface area contributed by atoms with Crippen LogP contribution in [0.2, 0.25) is 0 Å². The molecular formula is C17H17N3O3S. The van der Waals surface area contributed by atoms with Crippen molar-refractivity contribution in [3.63, 3.8) is 0 Å². The fourth-order valence-electron chi connectivity index (χ4n) is 2.30. The Bertz CT molecular complexity index is 936. The molecule has 124 valence electrons. The lowest BCUT2D eigenvalue weighted by Crippen LogP contribution is -2.27. The zero-order valence-electron chi connectivity index (χ0n) is 13.3. The van der Waals surface area contributed by atoms with E-state index < -0.39 is 16.1 Å². The number of aryl methyl sites for hydroxylation is 1. The molecular weight excluding hydrogens is 326 g/mol. The number of nitrogens with zero attached hydrogens (tertiary/aromatic N) is 2. The van der Waals surface area contributed by atoms with Gasteiger partial charge in [0.2, 0.25) is 21.7 Å². The number of nitrogens with one attached hydrogen (secondary N) is 1. The minimum Gasteiger partial charge on any atom is -0.337 e. The molecule has 3 aromatic rings. The third kappa shape index (κ3) is 3.37. The molecule has 2 aromatic carbocycles. The molecule has 0 spiro atoms. The standard InChI is InChI=1S/C17H17N3O3S/c1-12-8-6-7-11-15(12)16-18-17(23-19-16)13(2)20-24(21,22)14-9-4-3-5-10-14/h3-11,13,20H,1-2H3/t13-/m1/s1. The van der Waals surface area contributed by atoms with Crippen LogP contribution in [0.3, 0.4) is 0 Å². The lowest BCUT2D eigenvalue weighted by Gasteiger charge is -2.10. The van der Waals surface area contributed by atoms with Crippen LogP contribution >= 0.6 is 0 Å². The zero-order chi connectivity index (χ0) is 17.2. The molecule has 6 nitrogen and oxygen atoms in total. The molecule has 0 saturated heterocycles. The molecule has 7 heteroatoms. The molecule has 0 aliphatic rings. The van der Waals surface area contributed by atoms with Gasteiger partial charge in [0.05, 0.1) is 10.9 Å². The Balaban J connectivity index is 1.82. The third-order valence-corrected chi connectivity index (χ3v) is 5.14. The highest BCUT2D eigenvalue weighted by atomic mass is 32.2. The Hall–Kier alpha value is -2.51. The first-order valence-corrected chi connectivity index (χ1v) is 8.92. The van der Waals surface area contributed by atoms with E-state index in [-0.39, 0.29) is 10.8 Å². The van der Waals surface area contributed by atoms with Gasteiger partial charge in [-0.15, -0.1) is 0 Å². The molecule has 0 aliphatic carbocycles. The summed E-state index contributed by atoms with van der Waals surface area (Å²) < 4.78 is 32.5. The summed E-state index contributed by atoms with van der Waals surface area (Å²) >= 11 is 0. The number of sulfonamides is 1. The summed E-state index contributed by atoms with van der Waals surface area (Å²) in [7, 11) is -3.65. The van der Waals surface area contributed by atoms with E-state index >= 15 is 0 Å². The number of aromatic nitrogens is 2. The van der Waals surface area contributed by atoms with Gasteiger partial charge in [0, 0.05) is 5.56 Å². The van der Waals surface area contributed by atoms with E-state index in [1.165, 1.54) is 12.1 Å². The van der Waals surface area contributed by atoms with E-state index in [1.54, 1.807) is 25.1 Å². The summed E-state index contributed by atoms with van der Waals surface area (Å²) in [4.78, 5) is 4.50. The van der Waals surface area contributed by atoms with Crippen molar-refractivity contribution < 1.29 is 12.9 Å². The van der Waals surface area contributed by atoms with Crippen LogP contribution in [0, 0.1) is 6.92 Å². The fourth-order valence-corrected chi connectivity index (χ4v) is 3.51. The SMILES string of the molecule is Cc1ccccc1-c1noc([C@@H](C)NS(=O)(=O)c2ccccc2)n1. The quantitative estimate of drug-likeness (QED) is 0.769. The van der Waals surface area contributed by atoms with E-state index in [9.17, 15) is 8.42 Å². The molecule has 0 bridgehead atoms. The molecule has 0 fully saturated rings. The van der Waals surface area contributed by atoms with Crippen LogP contribution in [0.4, 0.5) is 0 Å². The maximum Gasteiger partial charge on any atom is 0.244 e. The molecule has 0 amide bonds. The van der Waals surface area contributed by atoms with Gasteiger partial charge in [-0.05, 0) is 31.5 Å². The number of benzene rings is 2. The first-order chi connectivity index (χ1) is 11.5. The predicted molar refractivity (Wildman–Crippen MR) is 89.6 cm³/mol. The minimum absolute atomic E-state index is 0.190. The summed E-state index contributed by atoms with van der Waals surface area (Å²) in [5.41, 5.74) is 1.87. The second kappa shape index (κ2) is 6.54. The van der Waals surface area contributed by atoms with Gasteiger partial charge >= 0.3 is 0 Å². The van der Waals surface area contributed by atoms with Crippen LogP contribution < -0.4 is 4.72 Å². The molecule has 1 N–H and O–H groups in total. The second-order valence-electron chi connectivity index (χ2n) is 5.43. The fraction of sp³-hybridized carbons (Fsp3) is 0.176. The van der Waals surface area contributed by atoms with Crippen molar-refractivity contribution in [1.82, 2.24) is 14.9 Å². The number of rotatable bonds is 5. The Morgan fingerprint density at radius 2 is 1.71 bits per heavy atom. The number of hydrogen-bond donors (Lipinski definition) is 1. The highest BCUT2D eigenvalue weighted by molar-refractivity contribution is 7.89. The summed E-state index contributed by atoms with van der Waals surface area (Å²) in [6.45, 7) is 3.61. The van der Waals surface area contributed by atoms with Crippen LogP contribution in [0.25, 0.3) is 11.4 Å². The van der Waals surface area contributed by atoms with Crippen molar-refractivity contribution in [3.05, 3.63) is 66.1 Å². The maximum atomic E-state index is 12.3. The Morgan fingerprint density at radius 1 is 1.04 bits per heavy atom. The van der Waals surface area contributed by atoms with Crippen LogP contribution in [0.5, 0.6) is 0 Å². The van der Waals surface area contributed by atoms with E-state index in [4.69, 9.17) is 4.52 Å². The van der Waals surface area contributed by atoms with Gasteiger partial charge in [-0.3, -0.25) is 0 Å². The van der Waals surface area contributed by atoms with Crippen molar-refractivity contribution in [2.24, 2.45) is 0 Å². The largest absolute Gasteiger partial charge is 0.337 e. The summed E-state index contributed by atoms with van der Waals surface area (Å²) in [5, 5.41) is 3.95. The molecule has 1 aromatic heterocycles. The van der Waals surface area contributed by atoms with Gasteiger partial charge in [0.1, 0.15) is 0 Å². The van der Waals surface area contributed by atoms with Crippen LogP contribution in [0.1, 0.15) is 24.4 Å². The Labute approximate surface area is 140 Å². The molecule has 1 heterocycles. The van der Waals surface area contributed by atoms with E-state index in [0.29, 0.717) is 5.82 Å². The van der Waals surface area contributed by atoms with E-state index in [2.05, 4.69) is 14.9 Å². The summed E-state index contributed by atoms with van der Waals surface area (Å²) in [6, 6.07) is 15.2. The molecule has 24 heavy (non-hydrogen) atoms. The predicted octanol–water partition coefficient (Wildman–Crippen LogP) is 3.08. The molecule has 0 aliphatic heterocycles. The van der Waals surface area contributed by atoms with E-state index in [0.717, 1.165) is 11.1 Å². The highest BCUT2D eigenvalue weighted by Gasteiger charge is 2.22. The Kier molecular flexibility index (Phi) is 4.46. The van der Waals surface area contributed by atoms with Crippen molar-refractivity contribution in [2.75, 3.05) is 0 Å². The lowest BCUT2D eigenvalue weighted by molar-refractivity contribution is 0.354. The van der Waals surface area contributed by atoms with Crippen LogP contribution in [0.15, 0.2) is 64.0 Å². The summed E-state index contributed by atoms with van der Waals surface area (Å²) in [5.74, 6) is 0.654. The average Bonchev–Trinajstić information content (AvgIpc) is 3.06. The zero-order valence-corrected chi connectivity index (χ0v) is 14.1. The van der Waals surface area contributed by atoms with Gasteiger partial charge in [0.25, 0.3) is 0 Å². The first kappa shape index (κ1) is 16.4. The van der Waals surface area contributed by atoms with E-state index in [1.807, 2.05) is 31.2 Å². The molecule has 3 rings (SSSR count). The topological polar surface area (TPSA) is 85.1 Å². The molecule has 0 saturated carbocycles. The van der Waals surface area contributed by atoms with Gasteiger partial charge in [-0.2, -0.15) is 9.71 Å². The number of hydrogen-bond acceptors (Lipinski definition) is 5. The van der Waals surface area contributed by atoms with Gasteiger partial charge in [0.15, 0.2) is 0 Å². The van der Waals surface area contributed by atoms with Crippen molar-refractivity contribution >= 4 is 10.0 Å². The smallest absolute Gasteiger partial charge is 0.244 e. The van der Waals surface area contributed by atoms with Gasteiger partial charge in [-0.1, -0.05) is 47.6 Å². The third-order valence-electron chi connectivity index (χ3n) is 3.58. The van der Waals surface area contributed by atoms with Crippen molar-refractivity contribution in [3.8, 4) is 11.4 Å². The lowest BCUT2D eigenvalue weighted by atomic mass is 10.1. The Morgan fingerprint density at radius 3 is 2.42 bits per heavy atom. The molecule has 1 atom stereocenters. The summed E-state index contributed by atoms with van der Waals surface area (Å²) in [6.07, 6.45) is 0. The van der Waals surface area contributed by atoms with Crippen molar-refractivity contribution in [1.29, 1.82) is 0 Å². The maximum absolute atomic E-state index is 12.3. The molecule has 0 radical (unpaired) electrons. The van der Waals surface area contributed by atoms with Crippen molar-refractivity contribution in [2.45, 2.75) is 24.8 Å². The molecule has 0 unspecified atom stereocenters. The highest BCUT2D eigenvalue weighted by Crippen LogP contribution is 2.22. The minimum atomic E-state index is -3.65. The second-order valence-corrected chi connectivity index (χ2v) is 7.14. The monoisotopic (exact) mass is 343 g/mol. The van der Waals surface area contributed by atoms with Gasteiger partial charge in [-0.25, -0.2) is 8.42 Å². The average molecular weight is 343 g/mol. The van der Waals surface area contributed by atoms with Gasteiger partial charge < -0.3 is 4.52 Å². The first-order valence-electron chi connectivity index (χ1n) is 7.44. The van der Waals surface area contributed by atoms with Crippen LogP contribution in [-0.4, -0.2) is 18.6 Å². The van der Waals surface area contributed by atoms with Crippen LogP contribution in [-0.2, 0) is 10.0 Å². The normalized spacial score (nSPS) is 12.9.